The molecule has 0 spiro atoms. The topological polar surface area (TPSA) is 45.9 Å². The van der Waals surface area contributed by atoms with Crippen LogP contribution in [0.1, 0.15) is 17.5 Å². The largest absolute Gasteiger partial charge is 1.00 e. The summed E-state index contributed by atoms with van der Waals surface area (Å²) in [5.74, 6) is -0.202. The van der Waals surface area contributed by atoms with Crippen molar-refractivity contribution in [3.63, 3.8) is 0 Å². The molecule has 0 aliphatic carbocycles. The minimum Gasteiger partial charge on any atom is -1.00 e. The fraction of sp³-hybridized carbons (Fsp3) is 0.267. The average Bonchev–Trinajstić information content (AvgIpc) is 2.46. The second-order valence-corrected chi connectivity index (χ2v) is 4.84. The molecule has 0 atom stereocenters. The van der Waals surface area contributed by atoms with Crippen LogP contribution in [0.25, 0.3) is 0 Å². The Morgan fingerprint density at radius 3 is 2.39 bits per heavy atom. The zero-order valence-electron chi connectivity index (χ0n) is 12.3. The molecular weight excluding hydrogens is 375 g/mol. The Labute approximate surface area is 142 Å². The number of nitrogens with zero attached hydrogens (tertiary/aromatic N) is 2. The average molecular weight is 390 g/mol. The Balaban J connectivity index is 0.00000264. The molecule has 4 nitrogen and oxygen atoms in total. The first kappa shape index (κ1) is 19.1. The van der Waals surface area contributed by atoms with Crippen molar-refractivity contribution in [1.82, 2.24) is 4.98 Å². The summed E-state index contributed by atoms with van der Waals surface area (Å²) in [6.45, 7) is 2.44. The summed E-state index contributed by atoms with van der Waals surface area (Å²) in [5.41, 5.74) is 0.273. The Morgan fingerprint density at radius 1 is 1.22 bits per heavy atom. The van der Waals surface area contributed by atoms with E-state index in [1.807, 2.05) is 36.0 Å². The summed E-state index contributed by atoms with van der Waals surface area (Å²) in [7, 11) is 0. The molecule has 1 N–H and O–H groups in total. The van der Waals surface area contributed by atoms with E-state index < -0.39 is 11.7 Å². The van der Waals surface area contributed by atoms with Gasteiger partial charge in [0.15, 0.2) is 18.9 Å². The van der Waals surface area contributed by atoms with Gasteiger partial charge in [0.2, 0.25) is 5.91 Å². The normalized spacial score (nSPS) is 10.8. The first-order valence-electron chi connectivity index (χ1n) is 6.63. The first-order chi connectivity index (χ1) is 10.3. The van der Waals surface area contributed by atoms with E-state index >= 15 is 0 Å². The highest BCUT2D eigenvalue weighted by atomic mass is 79.9. The van der Waals surface area contributed by atoms with Crippen LogP contribution in [-0.4, -0.2) is 10.9 Å². The van der Waals surface area contributed by atoms with E-state index in [-0.39, 0.29) is 35.1 Å². The molecule has 0 aliphatic heterocycles. The fourth-order valence-corrected chi connectivity index (χ4v) is 1.75. The molecule has 2 aromatic rings. The summed E-state index contributed by atoms with van der Waals surface area (Å²) < 4.78 is 39.0. The Kier molecular flexibility index (Phi) is 6.68. The number of aromatic nitrogens is 2. The maximum atomic E-state index is 12.4. The molecule has 0 radical (unpaired) electrons. The quantitative estimate of drug-likeness (QED) is 0.731. The molecule has 2 rings (SSSR count). The zero-order valence-corrected chi connectivity index (χ0v) is 13.9. The van der Waals surface area contributed by atoms with Gasteiger partial charge in [0, 0.05) is 18.3 Å². The van der Waals surface area contributed by atoms with Crippen LogP contribution in [0.4, 0.5) is 19.0 Å². The Hall–Kier alpha value is -1.96. The molecule has 8 heteroatoms. The first-order valence-corrected chi connectivity index (χ1v) is 6.63. The summed E-state index contributed by atoms with van der Waals surface area (Å²) in [5, 5.41) is 2.47. The minimum absolute atomic E-state index is 0. The van der Waals surface area contributed by atoms with E-state index in [9.17, 15) is 18.0 Å². The number of carbonyl (C=O) groups excluding carboxylic acids is 1. The molecule has 0 saturated heterocycles. The maximum Gasteiger partial charge on any atom is 0.417 e. The Bertz CT molecular complexity index is 643. The van der Waals surface area contributed by atoms with Gasteiger partial charge in [0.25, 0.3) is 0 Å². The monoisotopic (exact) mass is 389 g/mol. The van der Waals surface area contributed by atoms with Crippen molar-refractivity contribution >= 4 is 11.7 Å². The number of hydrogen-bond donors (Lipinski definition) is 1. The number of carbonyl (C=O) groups is 1. The van der Waals surface area contributed by atoms with Gasteiger partial charge in [-0.15, -0.1) is 0 Å². The second kappa shape index (κ2) is 8.05. The van der Waals surface area contributed by atoms with E-state index in [1.54, 1.807) is 0 Å². The number of anilines is 1. The molecule has 0 unspecified atom stereocenters. The van der Waals surface area contributed by atoms with Crippen molar-refractivity contribution in [2.45, 2.75) is 26.1 Å². The van der Waals surface area contributed by atoms with Crippen molar-refractivity contribution in [3.8, 4) is 0 Å². The van der Waals surface area contributed by atoms with Gasteiger partial charge in [-0.1, -0.05) is 0 Å². The van der Waals surface area contributed by atoms with Crippen molar-refractivity contribution in [2.24, 2.45) is 0 Å². The van der Waals surface area contributed by atoms with Gasteiger partial charge < -0.3 is 22.3 Å². The third kappa shape index (κ3) is 5.97. The molecule has 2 aromatic heterocycles. The highest BCUT2D eigenvalue weighted by molar-refractivity contribution is 5.89. The van der Waals surface area contributed by atoms with E-state index in [4.69, 9.17) is 0 Å². The standard InChI is InChI=1S/C15H14F3N3O.BrH/c1-11-4-7-21(8-5-11)9-6-14(22)20-13-3-2-12(10-19-13)15(16,17)18;/h2-5,7-8,10H,6,9H2,1H3;1H. The highest BCUT2D eigenvalue weighted by Gasteiger charge is 2.30. The lowest BCUT2D eigenvalue weighted by molar-refractivity contribution is -0.695. The van der Waals surface area contributed by atoms with Crippen molar-refractivity contribution < 1.29 is 39.5 Å². The number of amides is 1. The number of nitrogens with one attached hydrogen (secondary N) is 1. The van der Waals surface area contributed by atoms with Crippen LogP contribution < -0.4 is 26.9 Å². The second-order valence-electron chi connectivity index (χ2n) is 4.84. The lowest BCUT2D eigenvalue weighted by Crippen LogP contribution is -3.00. The molecule has 0 fully saturated rings. The van der Waals surface area contributed by atoms with Crippen LogP contribution >= 0.6 is 0 Å². The van der Waals surface area contributed by atoms with Crippen LogP contribution in [0.3, 0.4) is 0 Å². The van der Waals surface area contributed by atoms with Crippen LogP contribution in [0, 0.1) is 6.92 Å². The van der Waals surface area contributed by atoms with Crippen LogP contribution in [0.5, 0.6) is 0 Å². The van der Waals surface area contributed by atoms with Gasteiger partial charge in [0.05, 0.1) is 12.0 Å². The lowest BCUT2D eigenvalue weighted by Gasteiger charge is -2.07. The minimum atomic E-state index is -4.43. The maximum absolute atomic E-state index is 12.4. The van der Waals surface area contributed by atoms with Crippen molar-refractivity contribution in [1.29, 1.82) is 0 Å². The summed E-state index contributed by atoms with van der Waals surface area (Å²) in [6.07, 6.45) is 0.191. The van der Waals surface area contributed by atoms with Gasteiger partial charge in [-0.2, -0.15) is 13.2 Å². The van der Waals surface area contributed by atoms with Crippen molar-refractivity contribution in [2.75, 3.05) is 5.32 Å². The molecule has 0 aromatic carbocycles. The van der Waals surface area contributed by atoms with E-state index in [2.05, 4.69) is 10.3 Å². The van der Waals surface area contributed by atoms with E-state index in [0.717, 1.165) is 17.7 Å². The molecular formula is C15H15BrF3N3O. The summed E-state index contributed by atoms with van der Waals surface area (Å²) in [6, 6.07) is 5.88. The van der Waals surface area contributed by atoms with Crippen LogP contribution in [0.15, 0.2) is 42.9 Å². The van der Waals surface area contributed by atoms with Crippen LogP contribution in [0.2, 0.25) is 0 Å². The molecule has 2 heterocycles. The third-order valence-electron chi connectivity index (χ3n) is 3.01. The number of hydrogen-bond acceptors (Lipinski definition) is 2. The lowest BCUT2D eigenvalue weighted by atomic mass is 10.2. The predicted octanol–water partition coefficient (Wildman–Crippen LogP) is -0.271. The molecule has 0 saturated carbocycles. The van der Waals surface area contributed by atoms with E-state index in [1.165, 1.54) is 0 Å². The van der Waals surface area contributed by atoms with Crippen LogP contribution in [-0.2, 0) is 17.5 Å². The molecule has 1 amide bonds. The highest BCUT2D eigenvalue weighted by Crippen LogP contribution is 2.28. The van der Waals surface area contributed by atoms with Gasteiger partial charge in [-0.25, -0.2) is 9.55 Å². The van der Waals surface area contributed by atoms with Gasteiger partial charge >= 0.3 is 6.18 Å². The van der Waals surface area contributed by atoms with Gasteiger partial charge in [-0.3, -0.25) is 4.79 Å². The summed E-state index contributed by atoms with van der Waals surface area (Å²) >= 11 is 0. The number of pyridine rings is 2. The predicted molar refractivity (Wildman–Crippen MR) is 73.9 cm³/mol. The summed E-state index contributed by atoms with van der Waals surface area (Å²) in [4.78, 5) is 15.3. The molecule has 23 heavy (non-hydrogen) atoms. The van der Waals surface area contributed by atoms with Gasteiger partial charge in [-0.05, 0) is 24.6 Å². The Morgan fingerprint density at radius 2 is 1.87 bits per heavy atom. The molecule has 0 bridgehead atoms. The number of aryl methyl sites for hydroxylation is 2. The molecule has 124 valence electrons. The fourth-order valence-electron chi connectivity index (χ4n) is 1.75. The van der Waals surface area contributed by atoms with Crippen molar-refractivity contribution in [3.05, 3.63) is 54.0 Å². The van der Waals surface area contributed by atoms with E-state index in [0.29, 0.717) is 12.7 Å². The number of rotatable bonds is 4. The molecule has 0 aliphatic rings. The number of alkyl halides is 3. The zero-order chi connectivity index (χ0) is 16.2. The smallest absolute Gasteiger partial charge is 0.417 e. The SMILES string of the molecule is Cc1cc[n+](CCC(=O)Nc2ccc(C(F)(F)F)cn2)cc1.[Br-]. The third-order valence-corrected chi connectivity index (χ3v) is 3.01. The number of halogens is 4. The van der Waals surface area contributed by atoms with Gasteiger partial charge in [0.1, 0.15) is 5.82 Å².